The van der Waals surface area contributed by atoms with Gasteiger partial charge in [0, 0.05) is 6.07 Å². The molecule has 1 aromatic heterocycles. The van der Waals surface area contributed by atoms with Gasteiger partial charge in [-0.1, -0.05) is 30.5 Å². The number of benzene rings is 1. The van der Waals surface area contributed by atoms with E-state index >= 15 is 0 Å². The third kappa shape index (κ3) is 3.75. The number of halogens is 2. The molecule has 3 rings (SSSR count). The first-order valence-corrected chi connectivity index (χ1v) is 7.16. The quantitative estimate of drug-likeness (QED) is 0.932. The van der Waals surface area contributed by atoms with Crippen molar-refractivity contribution in [2.45, 2.75) is 44.2 Å². The molecule has 0 bridgehead atoms. The van der Waals surface area contributed by atoms with E-state index in [0.717, 1.165) is 25.7 Å². The second-order valence-electron chi connectivity index (χ2n) is 5.48. The Morgan fingerprint density at radius 1 is 1.27 bits per heavy atom. The molecule has 7 heteroatoms. The Kier molecular flexibility index (Phi) is 5.37. The smallest absolute Gasteiger partial charge is 0.246 e. The van der Waals surface area contributed by atoms with Gasteiger partial charge in [0.2, 0.25) is 11.7 Å². The molecule has 0 unspecified atom stereocenters. The Balaban J connectivity index is 0.00000176. The highest BCUT2D eigenvalue weighted by Gasteiger charge is 2.35. The van der Waals surface area contributed by atoms with Crippen LogP contribution in [-0.2, 0) is 12.1 Å². The average molecular weight is 328 g/mol. The highest BCUT2D eigenvalue weighted by atomic mass is 35.5. The molecule has 0 amide bonds. The summed E-state index contributed by atoms with van der Waals surface area (Å²) in [6.45, 7) is 0.128. The van der Waals surface area contributed by atoms with Crippen LogP contribution in [0.5, 0.6) is 5.75 Å². The van der Waals surface area contributed by atoms with Crippen molar-refractivity contribution in [3.8, 4) is 5.75 Å². The van der Waals surface area contributed by atoms with Gasteiger partial charge in [-0.2, -0.15) is 4.98 Å². The molecule has 5 nitrogen and oxygen atoms in total. The third-order valence-electron chi connectivity index (χ3n) is 3.80. The molecular weight excluding hydrogens is 309 g/mol. The van der Waals surface area contributed by atoms with Crippen LogP contribution < -0.4 is 10.5 Å². The molecule has 1 saturated carbocycles. The number of ether oxygens (including phenoxy) is 1. The van der Waals surface area contributed by atoms with Crippen LogP contribution in [0.15, 0.2) is 28.8 Å². The summed E-state index contributed by atoms with van der Waals surface area (Å²) in [7, 11) is 0. The minimum atomic E-state index is -0.512. The van der Waals surface area contributed by atoms with E-state index in [1.807, 2.05) is 0 Å². The van der Waals surface area contributed by atoms with Gasteiger partial charge in [-0.15, -0.1) is 12.4 Å². The molecule has 0 aliphatic heterocycles. The fourth-order valence-corrected chi connectivity index (χ4v) is 2.62. The molecular formula is C15H19ClFN3O2. The molecule has 2 aromatic rings. The number of aromatic nitrogens is 2. The molecule has 22 heavy (non-hydrogen) atoms. The molecule has 120 valence electrons. The fourth-order valence-electron chi connectivity index (χ4n) is 2.62. The lowest BCUT2D eigenvalue weighted by atomic mass is 9.82. The van der Waals surface area contributed by atoms with Gasteiger partial charge < -0.3 is 15.0 Å². The van der Waals surface area contributed by atoms with Crippen molar-refractivity contribution in [1.29, 1.82) is 0 Å². The zero-order valence-electron chi connectivity index (χ0n) is 12.1. The van der Waals surface area contributed by atoms with Crippen LogP contribution in [-0.4, -0.2) is 10.1 Å². The Hall–Kier alpha value is -1.66. The second-order valence-corrected chi connectivity index (χ2v) is 5.48. The van der Waals surface area contributed by atoms with Gasteiger partial charge in [0.05, 0.1) is 5.54 Å². The Morgan fingerprint density at radius 3 is 2.77 bits per heavy atom. The predicted molar refractivity (Wildman–Crippen MR) is 81.2 cm³/mol. The lowest BCUT2D eigenvalue weighted by molar-refractivity contribution is 0.218. The molecule has 1 heterocycles. The number of hydrogen-bond donors (Lipinski definition) is 1. The summed E-state index contributed by atoms with van der Waals surface area (Å²) in [5.74, 6) is 0.982. The summed E-state index contributed by atoms with van der Waals surface area (Å²) in [6.07, 6.45) is 5.07. The lowest BCUT2D eigenvalue weighted by Gasteiger charge is -2.29. The summed E-state index contributed by atoms with van der Waals surface area (Å²) in [4.78, 5) is 4.32. The number of nitrogens with zero attached hydrogens (tertiary/aromatic N) is 2. The summed E-state index contributed by atoms with van der Waals surface area (Å²) in [5.41, 5.74) is 5.82. The van der Waals surface area contributed by atoms with E-state index in [9.17, 15) is 4.39 Å². The molecule has 2 N–H and O–H groups in total. The molecule has 0 radical (unpaired) electrons. The standard InChI is InChI=1S/C15H18FN3O2.ClH/c16-11-5-4-6-12(9-11)20-10-13-18-14(21-19-13)15(17)7-2-1-3-8-15;/h4-6,9H,1-3,7-8,10,17H2;1H. The Bertz CT molecular complexity index is 614. The van der Waals surface area contributed by atoms with E-state index in [2.05, 4.69) is 10.1 Å². The van der Waals surface area contributed by atoms with Crippen LogP contribution in [0.3, 0.4) is 0 Å². The van der Waals surface area contributed by atoms with E-state index in [-0.39, 0.29) is 24.8 Å². The molecule has 0 spiro atoms. The summed E-state index contributed by atoms with van der Waals surface area (Å²) in [6, 6.07) is 5.94. The zero-order chi connectivity index (χ0) is 14.7. The van der Waals surface area contributed by atoms with E-state index in [1.54, 1.807) is 12.1 Å². The maximum Gasteiger partial charge on any atom is 0.246 e. The number of hydrogen-bond acceptors (Lipinski definition) is 5. The first kappa shape index (κ1) is 16.7. The maximum atomic E-state index is 13.0. The van der Waals surface area contributed by atoms with Crippen LogP contribution in [0.25, 0.3) is 0 Å². The Morgan fingerprint density at radius 2 is 2.05 bits per heavy atom. The predicted octanol–water partition coefficient (Wildman–Crippen LogP) is 3.33. The average Bonchev–Trinajstić information content (AvgIpc) is 2.96. The second kappa shape index (κ2) is 7.07. The maximum absolute atomic E-state index is 13.0. The summed E-state index contributed by atoms with van der Waals surface area (Å²) < 4.78 is 23.8. The first-order chi connectivity index (χ1) is 10.2. The van der Waals surface area contributed by atoms with Crippen LogP contribution in [0.2, 0.25) is 0 Å². The molecule has 0 saturated heterocycles. The summed E-state index contributed by atoms with van der Waals surface area (Å²) in [5, 5.41) is 3.89. The largest absolute Gasteiger partial charge is 0.485 e. The fraction of sp³-hybridized carbons (Fsp3) is 0.467. The van der Waals surface area contributed by atoms with Crippen molar-refractivity contribution >= 4 is 12.4 Å². The molecule has 1 aromatic carbocycles. The van der Waals surface area contributed by atoms with Gasteiger partial charge in [0.1, 0.15) is 11.6 Å². The van der Waals surface area contributed by atoms with Crippen molar-refractivity contribution in [1.82, 2.24) is 10.1 Å². The highest BCUT2D eigenvalue weighted by molar-refractivity contribution is 5.85. The van der Waals surface area contributed by atoms with E-state index in [1.165, 1.54) is 18.6 Å². The van der Waals surface area contributed by atoms with Crippen LogP contribution in [0.4, 0.5) is 4.39 Å². The monoisotopic (exact) mass is 327 g/mol. The van der Waals surface area contributed by atoms with Crippen molar-refractivity contribution in [2.24, 2.45) is 5.73 Å². The van der Waals surface area contributed by atoms with Crippen molar-refractivity contribution < 1.29 is 13.7 Å². The topological polar surface area (TPSA) is 74.2 Å². The van der Waals surface area contributed by atoms with Gasteiger partial charge in [0.15, 0.2) is 6.61 Å². The van der Waals surface area contributed by atoms with Crippen LogP contribution in [0.1, 0.15) is 43.8 Å². The van der Waals surface area contributed by atoms with Crippen LogP contribution >= 0.6 is 12.4 Å². The Labute approximate surface area is 134 Å². The molecule has 0 atom stereocenters. The first-order valence-electron chi connectivity index (χ1n) is 7.16. The number of nitrogens with two attached hydrogens (primary N) is 1. The van der Waals surface area contributed by atoms with Gasteiger partial charge >= 0.3 is 0 Å². The van der Waals surface area contributed by atoms with E-state index in [4.69, 9.17) is 15.0 Å². The van der Waals surface area contributed by atoms with Gasteiger partial charge in [-0.25, -0.2) is 4.39 Å². The minimum Gasteiger partial charge on any atom is -0.485 e. The van der Waals surface area contributed by atoms with E-state index in [0.29, 0.717) is 17.5 Å². The van der Waals surface area contributed by atoms with Gasteiger partial charge in [-0.05, 0) is 25.0 Å². The van der Waals surface area contributed by atoms with E-state index < -0.39 is 5.54 Å². The molecule has 1 fully saturated rings. The SMILES string of the molecule is Cl.NC1(c2nc(COc3cccc(F)c3)no2)CCCCC1. The summed E-state index contributed by atoms with van der Waals surface area (Å²) >= 11 is 0. The zero-order valence-corrected chi connectivity index (χ0v) is 12.9. The molecule has 1 aliphatic rings. The van der Waals surface area contributed by atoms with Gasteiger partial charge in [0.25, 0.3) is 0 Å². The third-order valence-corrected chi connectivity index (χ3v) is 3.80. The normalized spacial score (nSPS) is 16.8. The number of rotatable bonds is 4. The molecule has 1 aliphatic carbocycles. The van der Waals surface area contributed by atoms with Crippen molar-refractivity contribution in [3.63, 3.8) is 0 Å². The van der Waals surface area contributed by atoms with Crippen LogP contribution in [0, 0.1) is 5.82 Å². The highest BCUT2D eigenvalue weighted by Crippen LogP contribution is 2.33. The van der Waals surface area contributed by atoms with Crippen molar-refractivity contribution in [3.05, 3.63) is 41.8 Å². The lowest BCUT2D eigenvalue weighted by Crippen LogP contribution is -2.39. The minimum absolute atomic E-state index is 0. The van der Waals surface area contributed by atoms with Crippen molar-refractivity contribution in [2.75, 3.05) is 0 Å². The van der Waals surface area contributed by atoms with Gasteiger partial charge in [-0.3, -0.25) is 0 Å².